The molecule has 6 heteroatoms. The number of benzene rings is 2. The zero-order valence-electron chi connectivity index (χ0n) is 13.5. The Morgan fingerprint density at radius 3 is 2.25 bits per heavy atom. The highest BCUT2D eigenvalue weighted by molar-refractivity contribution is 6.30. The van der Waals surface area contributed by atoms with E-state index in [1.165, 1.54) is 0 Å². The summed E-state index contributed by atoms with van der Waals surface area (Å²) in [6.45, 7) is 2.06. The van der Waals surface area contributed by atoms with Crippen LogP contribution in [-0.4, -0.2) is 32.7 Å². The fourth-order valence-electron chi connectivity index (χ4n) is 2.24. The number of halogens is 2. The molecule has 128 valence electrons. The predicted octanol–water partition coefficient (Wildman–Crippen LogP) is 2.20. The molecule has 24 heavy (non-hydrogen) atoms. The van der Waals surface area contributed by atoms with Crippen LogP contribution in [0, 0.1) is 0 Å². The van der Waals surface area contributed by atoms with Crippen LogP contribution < -0.4 is 15.0 Å². The van der Waals surface area contributed by atoms with E-state index in [0.717, 1.165) is 27.8 Å². The molecule has 0 spiro atoms. The van der Waals surface area contributed by atoms with Crippen LogP contribution in [0.1, 0.15) is 5.56 Å². The summed E-state index contributed by atoms with van der Waals surface area (Å²) in [5.74, 6) is 0.736. The maximum absolute atomic E-state index is 11.9. The molecule has 0 saturated carbocycles. The molecule has 0 fully saturated rings. The van der Waals surface area contributed by atoms with E-state index in [1.807, 2.05) is 31.3 Å². The maximum Gasteiger partial charge on any atom is 0.275 e. The van der Waals surface area contributed by atoms with E-state index in [-0.39, 0.29) is 5.91 Å². The third-order valence-corrected chi connectivity index (χ3v) is 3.89. The van der Waals surface area contributed by atoms with Crippen LogP contribution in [0.15, 0.2) is 48.5 Å². The van der Waals surface area contributed by atoms with Crippen molar-refractivity contribution in [3.05, 3.63) is 64.1 Å². The molecule has 2 rings (SSSR count). The number of likely N-dealkylation sites (N-methyl/N-ethyl adjacent to an activating group) is 1. The van der Waals surface area contributed by atoms with Gasteiger partial charge in [0.1, 0.15) is 18.9 Å². The SMILES string of the molecule is C[NH+](CC(=O)NCCOc1ccc(Cl)cc1)Cc1ccc(Cl)cc1. The molecule has 0 bridgehead atoms. The molecule has 4 nitrogen and oxygen atoms in total. The lowest BCUT2D eigenvalue weighted by Gasteiger charge is -2.14. The minimum absolute atomic E-state index is 0.00108. The quantitative estimate of drug-likeness (QED) is 0.702. The van der Waals surface area contributed by atoms with Gasteiger partial charge in [-0.05, 0) is 36.4 Å². The number of ether oxygens (including phenoxy) is 1. The van der Waals surface area contributed by atoms with Crippen LogP contribution in [-0.2, 0) is 11.3 Å². The summed E-state index contributed by atoms with van der Waals surface area (Å²) in [5.41, 5.74) is 1.15. The van der Waals surface area contributed by atoms with Gasteiger partial charge in [0.15, 0.2) is 6.54 Å². The molecule has 0 aliphatic carbocycles. The summed E-state index contributed by atoms with van der Waals surface area (Å²) < 4.78 is 5.53. The number of hydrogen-bond donors (Lipinski definition) is 2. The Labute approximate surface area is 152 Å². The minimum atomic E-state index is 0.00108. The Balaban J connectivity index is 1.63. The number of nitrogens with one attached hydrogen (secondary N) is 2. The molecule has 1 atom stereocenters. The molecule has 0 aromatic heterocycles. The molecular formula is C18H21Cl2N2O2+. The van der Waals surface area contributed by atoms with Crippen molar-refractivity contribution in [2.24, 2.45) is 0 Å². The van der Waals surface area contributed by atoms with Crippen molar-refractivity contribution in [1.82, 2.24) is 5.32 Å². The van der Waals surface area contributed by atoms with Crippen LogP contribution in [0.3, 0.4) is 0 Å². The van der Waals surface area contributed by atoms with E-state index >= 15 is 0 Å². The van der Waals surface area contributed by atoms with Crippen LogP contribution in [0.2, 0.25) is 10.0 Å². The fraction of sp³-hybridized carbons (Fsp3) is 0.278. The van der Waals surface area contributed by atoms with Crippen LogP contribution in [0.25, 0.3) is 0 Å². The van der Waals surface area contributed by atoms with Crippen molar-refractivity contribution in [3.8, 4) is 5.75 Å². The van der Waals surface area contributed by atoms with Gasteiger partial charge in [0.05, 0.1) is 13.6 Å². The average Bonchev–Trinajstić information content (AvgIpc) is 2.55. The lowest BCUT2D eigenvalue weighted by molar-refractivity contribution is -0.885. The Morgan fingerprint density at radius 1 is 1.04 bits per heavy atom. The highest BCUT2D eigenvalue weighted by Crippen LogP contribution is 2.15. The molecule has 0 aliphatic rings. The maximum atomic E-state index is 11.9. The largest absolute Gasteiger partial charge is 0.492 e. The topological polar surface area (TPSA) is 42.8 Å². The van der Waals surface area contributed by atoms with Crippen molar-refractivity contribution < 1.29 is 14.4 Å². The minimum Gasteiger partial charge on any atom is -0.492 e. The molecule has 1 unspecified atom stereocenters. The third-order valence-electron chi connectivity index (χ3n) is 3.39. The summed E-state index contributed by atoms with van der Waals surface area (Å²) in [4.78, 5) is 13.0. The van der Waals surface area contributed by atoms with E-state index < -0.39 is 0 Å². The van der Waals surface area contributed by atoms with E-state index in [0.29, 0.717) is 24.7 Å². The highest BCUT2D eigenvalue weighted by atomic mass is 35.5. The van der Waals surface area contributed by atoms with Gasteiger partial charge in [-0.2, -0.15) is 0 Å². The Kier molecular flexibility index (Phi) is 7.37. The lowest BCUT2D eigenvalue weighted by Crippen LogP contribution is -3.08. The normalized spacial score (nSPS) is 11.8. The predicted molar refractivity (Wildman–Crippen MR) is 96.9 cm³/mol. The summed E-state index contributed by atoms with van der Waals surface area (Å²) in [5, 5.41) is 4.24. The molecule has 1 amide bonds. The molecule has 2 N–H and O–H groups in total. The number of carbonyl (C=O) groups is 1. The lowest BCUT2D eigenvalue weighted by atomic mass is 10.2. The monoisotopic (exact) mass is 367 g/mol. The van der Waals surface area contributed by atoms with Gasteiger partial charge >= 0.3 is 0 Å². The molecule has 0 aliphatic heterocycles. The van der Waals surface area contributed by atoms with Crippen LogP contribution in [0.5, 0.6) is 5.75 Å². The van der Waals surface area contributed by atoms with Gasteiger partial charge in [0.2, 0.25) is 0 Å². The van der Waals surface area contributed by atoms with Gasteiger partial charge in [0, 0.05) is 15.6 Å². The summed E-state index contributed by atoms with van der Waals surface area (Å²) in [6, 6.07) is 14.8. The molecular weight excluding hydrogens is 347 g/mol. The first kappa shape index (κ1) is 18.6. The second kappa shape index (κ2) is 9.52. The van der Waals surface area contributed by atoms with E-state index in [4.69, 9.17) is 27.9 Å². The van der Waals surface area contributed by atoms with E-state index in [2.05, 4.69) is 5.32 Å². The average molecular weight is 368 g/mol. The molecule has 2 aromatic rings. The van der Waals surface area contributed by atoms with Crippen molar-refractivity contribution in [2.75, 3.05) is 26.7 Å². The zero-order valence-corrected chi connectivity index (χ0v) is 15.0. The molecule has 0 saturated heterocycles. The van der Waals surface area contributed by atoms with Crippen molar-refractivity contribution >= 4 is 29.1 Å². The van der Waals surface area contributed by atoms with Crippen molar-refractivity contribution in [1.29, 1.82) is 0 Å². The van der Waals surface area contributed by atoms with Gasteiger partial charge in [-0.15, -0.1) is 0 Å². The van der Waals surface area contributed by atoms with Crippen molar-refractivity contribution in [2.45, 2.75) is 6.54 Å². The van der Waals surface area contributed by atoms with E-state index in [9.17, 15) is 4.79 Å². The first-order valence-corrected chi connectivity index (χ1v) is 8.49. The molecule has 0 radical (unpaired) electrons. The molecule has 0 heterocycles. The van der Waals surface area contributed by atoms with Gasteiger partial charge in [-0.1, -0.05) is 35.3 Å². The van der Waals surface area contributed by atoms with Gasteiger partial charge in [-0.3, -0.25) is 4.79 Å². The fourth-order valence-corrected chi connectivity index (χ4v) is 2.49. The van der Waals surface area contributed by atoms with E-state index in [1.54, 1.807) is 24.3 Å². The summed E-state index contributed by atoms with van der Waals surface area (Å²) in [6.07, 6.45) is 0. The molecule has 2 aromatic carbocycles. The number of quaternary nitrogens is 1. The summed E-state index contributed by atoms with van der Waals surface area (Å²) >= 11 is 11.7. The zero-order chi connectivity index (χ0) is 17.4. The van der Waals surface area contributed by atoms with Crippen LogP contribution in [0.4, 0.5) is 0 Å². The second-order valence-corrected chi connectivity index (χ2v) is 6.46. The highest BCUT2D eigenvalue weighted by Gasteiger charge is 2.10. The smallest absolute Gasteiger partial charge is 0.275 e. The van der Waals surface area contributed by atoms with Crippen LogP contribution >= 0.6 is 23.2 Å². The number of amides is 1. The number of hydrogen-bond acceptors (Lipinski definition) is 2. The standard InChI is InChI=1S/C18H20Cl2N2O2/c1-22(12-14-2-4-15(19)5-3-14)13-18(23)21-10-11-24-17-8-6-16(20)7-9-17/h2-9H,10-13H2,1H3,(H,21,23)/p+1. The number of rotatable bonds is 8. The Hall–Kier alpha value is -1.75. The first-order valence-electron chi connectivity index (χ1n) is 7.74. The van der Waals surface area contributed by atoms with Gasteiger partial charge < -0.3 is 15.0 Å². The summed E-state index contributed by atoms with van der Waals surface area (Å²) in [7, 11) is 1.98. The Morgan fingerprint density at radius 2 is 1.62 bits per heavy atom. The second-order valence-electron chi connectivity index (χ2n) is 5.59. The van der Waals surface area contributed by atoms with Gasteiger partial charge in [-0.25, -0.2) is 0 Å². The number of carbonyl (C=O) groups excluding carboxylic acids is 1. The first-order chi connectivity index (χ1) is 11.5. The van der Waals surface area contributed by atoms with Crippen molar-refractivity contribution in [3.63, 3.8) is 0 Å². The van der Waals surface area contributed by atoms with Gasteiger partial charge in [0.25, 0.3) is 5.91 Å². The Bertz CT molecular complexity index is 645. The third kappa shape index (κ3) is 6.79.